The molecular weight excluding hydrogens is 477 g/mol. The van der Waals surface area contributed by atoms with Crippen LogP contribution in [0.1, 0.15) is 37.1 Å². The molecule has 6 nitrogen and oxygen atoms in total. The Labute approximate surface area is 191 Å². The molecule has 1 fully saturated rings. The van der Waals surface area contributed by atoms with Gasteiger partial charge < -0.3 is 15.4 Å². The first-order valence-electron chi connectivity index (χ1n) is 10.1. The lowest BCUT2D eigenvalue weighted by Gasteiger charge is -2.29. The smallest absolute Gasteiger partial charge is 0.191 e. The van der Waals surface area contributed by atoms with Crippen molar-refractivity contribution in [2.75, 3.05) is 33.3 Å². The molecule has 1 aliphatic heterocycles. The lowest BCUT2D eigenvalue weighted by Crippen LogP contribution is -2.42. The van der Waals surface area contributed by atoms with E-state index in [1.165, 1.54) is 18.4 Å². The van der Waals surface area contributed by atoms with Crippen molar-refractivity contribution in [1.29, 1.82) is 0 Å². The largest absolute Gasteiger partial charge is 0.497 e. The summed E-state index contributed by atoms with van der Waals surface area (Å²) in [6.07, 6.45) is 4.33. The number of halogens is 1. The fourth-order valence-electron chi connectivity index (χ4n) is 3.52. The van der Waals surface area contributed by atoms with Crippen molar-refractivity contribution in [1.82, 2.24) is 20.5 Å². The highest BCUT2D eigenvalue weighted by molar-refractivity contribution is 14.0. The highest BCUT2D eigenvalue weighted by atomic mass is 127. The molecule has 29 heavy (non-hydrogen) atoms. The third kappa shape index (κ3) is 7.15. The van der Waals surface area contributed by atoms with Gasteiger partial charge in [0.05, 0.1) is 25.4 Å². The van der Waals surface area contributed by atoms with Crippen molar-refractivity contribution in [3.63, 3.8) is 0 Å². The van der Waals surface area contributed by atoms with Crippen LogP contribution in [0.25, 0.3) is 0 Å². The van der Waals surface area contributed by atoms with Gasteiger partial charge in [0.25, 0.3) is 0 Å². The van der Waals surface area contributed by atoms with E-state index < -0.39 is 0 Å². The summed E-state index contributed by atoms with van der Waals surface area (Å²) in [6.45, 7) is 6.55. The standard InChI is InChI=1S/C22H31N5O.HI/c1-3-23-22(25-16-19-8-4-5-13-24-19)26-17-21(27-14-6-7-15-27)18-9-11-20(28-2)12-10-18;/h4-5,8-13,21H,3,6-7,14-17H2,1-2H3,(H2,23,25,26);1H. The van der Waals surface area contributed by atoms with E-state index in [2.05, 4.69) is 39.6 Å². The first kappa shape index (κ1) is 23.4. The van der Waals surface area contributed by atoms with E-state index in [0.29, 0.717) is 12.6 Å². The summed E-state index contributed by atoms with van der Waals surface area (Å²) in [5.41, 5.74) is 2.27. The van der Waals surface area contributed by atoms with Gasteiger partial charge in [0.15, 0.2) is 5.96 Å². The minimum Gasteiger partial charge on any atom is -0.497 e. The summed E-state index contributed by atoms with van der Waals surface area (Å²) in [5.74, 6) is 1.72. The second-order valence-corrected chi connectivity index (χ2v) is 6.93. The zero-order chi connectivity index (χ0) is 19.6. The van der Waals surface area contributed by atoms with Crippen LogP contribution < -0.4 is 15.4 Å². The number of likely N-dealkylation sites (tertiary alicyclic amines) is 1. The minimum atomic E-state index is 0. The third-order valence-corrected chi connectivity index (χ3v) is 5.01. The van der Waals surface area contributed by atoms with Crippen LogP contribution in [0.4, 0.5) is 0 Å². The molecule has 3 rings (SSSR count). The average molecular weight is 509 g/mol. The zero-order valence-electron chi connectivity index (χ0n) is 17.3. The Morgan fingerprint density at radius 3 is 2.52 bits per heavy atom. The van der Waals surface area contributed by atoms with Crippen LogP contribution in [0, 0.1) is 0 Å². The number of pyridine rings is 1. The maximum atomic E-state index is 5.31. The number of methoxy groups -OCH3 is 1. The molecule has 2 N–H and O–H groups in total. The average Bonchev–Trinajstić information content (AvgIpc) is 3.28. The number of guanidine groups is 1. The van der Waals surface area contributed by atoms with Crippen molar-refractivity contribution in [3.8, 4) is 5.75 Å². The third-order valence-electron chi connectivity index (χ3n) is 5.01. The molecular formula is C22H32IN5O. The van der Waals surface area contributed by atoms with Gasteiger partial charge in [-0.1, -0.05) is 18.2 Å². The van der Waals surface area contributed by atoms with Gasteiger partial charge in [-0.2, -0.15) is 0 Å². The Balaban J connectivity index is 0.00000300. The zero-order valence-corrected chi connectivity index (χ0v) is 19.6. The molecule has 0 aliphatic carbocycles. The number of nitrogens with zero attached hydrogens (tertiary/aromatic N) is 3. The van der Waals surface area contributed by atoms with Crippen molar-refractivity contribution in [2.24, 2.45) is 4.99 Å². The highest BCUT2D eigenvalue weighted by Gasteiger charge is 2.23. The highest BCUT2D eigenvalue weighted by Crippen LogP contribution is 2.26. The van der Waals surface area contributed by atoms with Gasteiger partial charge >= 0.3 is 0 Å². The van der Waals surface area contributed by atoms with Crippen molar-refractivity contribution in [3.05, 3.63) is 59.9 Å². The van der Waals surface area contributed by atoms with Gasteiger partial charge in [-0.05, 0) is 62.7 Å². The minimum absolute atomic E-state index is 0. The van der Waals surface area contributed by atoms with E-state index in [4.69, 9.17) is 9.73 Å². The van der Waals surface area contributed by atoms with Gasteiger partial charge in [0.2, 0.25) is 0 Å². The number of benzene rings is 1. The molecule has 0 bridgehead atoms. The monoisotopic (exact) mass is 509 g/mol. The number of aliphatic imine (C=N–C) groups is 1. The molecule has 1 unspecified atom stereocenters. The SMILES string of the molecule is CCNC(=NCc1ccccn1)NCC(c1ccc(OC)cc1)N1CCCC1.I. The summed E-state index contributed by atoms with van der Waals surface area (Å²) < 4.78 is 5.31. The summed E-state index contributed by atoms with van der Waals surface area (Å²) in [7, 11) is 1.70. The topological polar surface area (TPSA) is 61.8 Å². The number of ether oxygens (including phenoxy) is 1. The van der Waals surface area contributed by atoms with Crippen molar-refractivity contribution in [2.45, 2.75) is 32.4 Å². The van der Waals surface area contributed by atoms with E-state index in [0.717, 1.165) is 43.6 Å². The molecule has 1 aromatic carbocycles. The molecule has 1 saturated heterocycles. The number of hydrogen-bond donors (Lipinski definition) is 2. The van der Waals surface area contributed by atoms with Crippen LogP contribution in [-0.2, 0) is 6.54 Å². The van der Waals surface area contributed by atoms with Crippen molar-refractivity contribution >= 4 is 29.9 Å². The first-order valence-corrected chi connectivity index (χ1v) is 10.1. The summed E-state index contributed by atoms with van der Waals surface area (Å²) in [6, 6.07) is 14.6. The van der Waals surface area contributed by atoms with E-state index in [1.54, 1.807) is 13.3 Å². The fraction of sp³-hybridized carbons (Fsp3) is 0.455. The molecule has 0 amide bonds. The number of hydrogen-bond acceptors (Lipinski definition) is 4. The van der Waals surface area contributed by atoms with E-state index in [-0.39, 0.29) is 24.0 Å². The Hall–Kier alpha value is -1.87. The van der Waals surface area contributed by atoms with Crippen LogP contribution in [-0.4, -0.2) is 49.1 Å². The van der Waals surface area contributed by atoms with Gasteiger partial charge in [0, 0.05) is 19.3 Å². The molecule has 1 aliphatic rings. The number of aromatic nitrogens is 1. The lowest BCUT2D eigenvalue weighted by atomic mass is 10.1. The molecule has 7 heteroatoms. The Morgan fingerprint density at radius 1 is 1.14 bits per heavy atom. The van der Waals surface area contributed by atoms with Gasteiger partial charge in [-0.15, -0.1) is 24.0 Å². The number of nitrogens with one attached hydrogen (secondary N) is 2. The maximum Gasteiger partial charge on any atom is 0.191 e. The van der Waals surface area contributed by atoms with Gasteiger partial charge in [-0.25, -0.2) is 4.99 Å². The second-order valence-electron chi connectivity index (χ2n) is 6.93. The maximum absolute atomic E-state index is 5.31. The molecule has 2 aromatic rings. The molecule has 158 valence electrons. The normalized spacial score (nSPS) is 15.4. The molecule has 1 aromatic heterocycles. The lowest BCUT2D eigenvalue weighted by molar-refractivity contribution is 0.245. The molecule has 0 saturated carbocycles. The quantitative estimate of drug-likeness (QED) is 0.324. The molecule has 1 atom stereocenters. The summed E-state index contributed by atoms with van der Waals surface area (Å²) >= 11 is 0. The van der Waals surface area contributed by atoms with Crippen LogP contribution in [0.3, 0.4) is 0 Å². The van der Waals surface area contributed by atoms with Crippen LogP contribution in [0.2, 0.25) is 0 Å². The molecule has 2 heterocycles. The number of rotatable bonds is 8. The summed E-state index contributed by atoms with van der Waals surface area (Å²) in [5, 5.41) is 6.87. The van der Waals surface area contributed by atoms with E-state index in [9.17, 15) is 0 Å². The van der Waals surface area contributed by atoms with E-state index in [1.807, 2.05) is 30.3 Å². The van der Waals surface area contributed by atoms with E-state index >= 15 is 0 Å². The van der Waals surface area contributed by atoms with Crippen LogP contribution in [0.15, 0.2) is 53.7 Å². The predicted octanol–water partition coefficient (Wildman–Crippen LogP) is 3.60. The summed E-state index contributed by atoms with van der Waals surface area (Å²) in [4.78, 5) is 11.6. The van der Waals surface area contributed by atoms with Crippen molar-refractivity contribution < 1.29 is 4.74 Å². The first-order chi connectivity index (χ1) is 13.8. The Morgan fingerprint density at radius 2 is 1.90 bits per heavy atom. The van der Waals surface area contributed by atoms with Crippen LogP contribution in [0.5, 0.6) is 5.75 Å². The fourth-order valence-corrected chi connectivity index (χ4v) is 3.52. The van der Waals surface area contributed by atoms with Crippen LogP contribution >= 0.6 is 24.0 Å². The predicted molar refractivity (Wildman–Crippen MR) is 129 cm³/mol. The van der Waals surface area contributed by atoms with Gasteiger partial charge in [-0.3, -0.25) is 9.88 Å². The van der Waals surface area contributed by atoms with Gasteiger partial charge in [0.1, 0.15) is 5.75 Å². The Bertz CT molecular complexity index is 733. The Kier molecular flexibility index (Phi) is 10.2. The second kappa shape index (κ2) is 12.6. The molecule has 0 spiro atoms. The molecule has 0 radical (unpaired) electrons.